The Labute approximate surface area is 154 Å². The number of rotatable bonds is 5. The van der Waals surface area contributed by atoms with Crippen LogP contribution in [0.2, 0.25) is 0 Å². The number of allylic oxidation sites excluding steroid dienone is 1. The summed E-state index contributed by atoms with van der Waals surface area (Å²) < 4.78 is 19.3. The molecule has 25 heavy (non-hydrogen) atoms. The molecule has 0 saturated heterocycles. The highest BCUT2D eigenvalue weighted by Crippen LogP contribution is 2.37. The molecule has 0 bridgehead atoms. The van der Waals surface area contributed by atoms with Gasteiger partial charge in [-0.1, -0.05) is 48.0 Å². The van der Waals surface area contributed by atoms with Crippen LogP contribution in [-0.4, -0.2) is 6.61 Å². The van der Waals surface area contributed by atoms with E-state index in [1.54, 1.807) is 17.7 Å². The summed E-state index contributed by atoms with van der Waals surface area (Å²) in [7, 11) is 0. The quantitative estimate of drug-likeness (QED) is 0.563. The molecule has 1 aliphatic rings. The third-order valence-corrected chi connectivity index (χ3v) is 5.21. The fraction of sp³-hybridized carbons (Fsp3) is 0.364. The molecule has 0 amide bonds. The van der Waals surface area contributed by atoms with Gasteiger partial charge in [-0.25, -0.2) is 4.39 Å². The number of hydrogen-bond donors (Lipinski definition) is 0. The molecule has 0 unspecified atom stereocenters. The van der Waals surface area contributed by atoms with Gasteiger partial charge < -0.3 is 4.74 Å². The van der Waals surface area contributed by atoms with Gasteiger partial charge in [0.25, 0.3) is 0 Å². The van der Waals surface area contributed by atoms with Crippen LogP contribution in [-0.2, 0) is 0 Å². The van der Waals surface area contributed by atoms with Crippen LogP contribution >= 0.6 is 11.6 Å². The number of hydrogen-bond acceptors (Lipinski definition) is 1. The first kappa shape index (κ1) is 18.0. The Bertz CT molecular complexity index is 715. The van der Waals surface area contributed by atoms with E-state index in [4.69, 9.17) is 16.3 Å². The second kappa shape index (κ2) is 8.53. The zero-order valence-electron chi connectivity index (χ0n) is 14.6. The molecule has 2 aromatic carbocycles. The van der Waals surface area contributed by atoms with Crippen LogP contribution in [0.15, 0.2) is 54.1 Å². The Kier molecular flexibility index (Phi) is 6.14. The van der Waals surface area contributed by atoms with Crippen LogP contribution in [0.3, 0.4) is 0 Å². The summed E-state index contributed by atoms with van der Waals surface area (Å²) in [5.74, 6) is 1.24. The zero-order valence-corrected chi connectivity index (χ0v) is 15.3. The van der Waals surface area contributed by atoms with Crippen molar-refractivity contribution in [2.24, 2.45) is 5.92 Å². The Morgan fingerprint density at radius 2 is 1.72 bits per heavy atom. The Balaban J connectivity index is 1.69. The first-order chi connectivity index (χ1) is 12.2. The molecule has 1 nitrogen and oxygen atoms in total. The van der Waals surface area contributed by atoms with Crippen LogP contribution in [0.4, 0.5) is 4.39 Å². The fourth-order valence-corrected chi connectivity index (χ4v) is 3.85. The minimum atomic E-state index is -0.311. The first-order valence-electron chi connectivity index (χ1n) is 9.00. The SMILES string of the molecule is CCOc1ccc(-c2ccc(C3CCC(/C=C/Cl)CC3)cc2)cc1F. The van der Waals surface area contributed by atoms with E-state index in [9.17, 15) is 4.39 Å². The van der Waals surface area contributed by atoms with Crippen molar-refractivity contribution in [2.75, 3.05) is 6.61 Å². The monoisotopic (exact) mass is 358 g/mol. The lowest BCUT2D eigenvalue weighted by molar-refractivity contribution is 0.321. The highest BCUT2D eigenvalue weighted by Gasteiger charge is 2.20. The van der Waals surface area contributed by atoms with E-state index in [2.05, 4.69) is 30.3 Å². The van der Waals surface area contributed by atoms with E-state index < -0.39 is 0 Å². The lowest BCUT2D eigenvalue weighted by Crippen LogP contribution is -2.11. The van der Waals surface area contributed by atoms with Crippen LogP contribution in [0.1, 0.15) is 44.1 Å². The zero-order chi connectivity index (χ0) is 17.6. The molecule has 0 heterocycles. The third kappa shape index (κ3) is 4.43. The van der Waals surface area contributed by atoms with Gasteiger partial charge in [0.2, 0.25) is 0 Å². The van der Waals surface area contributed by atoms with Crippen LogP contribution in [0, 0.1) is 11.7 Å². The molecule has 132 valence electrons. The molecule has 0 spiro atoms. The van der Waals surface area contributed by atoms with Crippen molar-refractivity contribution < 1.29 is 9.13 Å². The van der Waals surface area contributed by atoms with Crippen molar-refractivity contribution in [1.29, 1.82) is 0 Å². The summed E-state index contributed by atoms with van der Waals surface area (Å²) in [6.07, 6.45) is 6.90. The van der Waals surface area contributed by atoms with Crippen LogP contribution in [0.25, 0.3) is 11.1 Å². The molecule has 0 aromatic heterocycles. The van der Waals surface area contributed by atoms with E-state index in [1.807, 2.05) is 13.0 Å². The number of benzene rings is 2. The van der Waals surface area contributed by atoms with Crippen molar-refractivity contribution in [3.63, 3.8) is 0 Å². The standard InChI is InChI=1S/C22H24ClFO/c1-2-25-22-12-11-20(15-21(22)24)19-9-7-18(8-10-19)17-5-3-16(4-6-17)13-14-23/h7-17H,2-6H2,1H3/b14-13+. The van der Waals surface area contributed by atoms with Gasteiger partial charge in [0.15, 0.2) is 11.6 Å². The largest absolute Gasteiger partial charge is 0.491 e. The van der Waals surface area contributed by atoms with Gasteiger partial charge in [0, 0.05) is 5.54 Å². The molecule has 0 aliphatic heterocycles. The number of ether oxygens (including phenoxy) is 1. The molecular weight excluding hydrogens is 335 g/mol. The molecule has 1 aliphatic carbocycles. The van der Waals surface area contributed by atoms with Crippen LogP contribution < -0.4 is 4.74 Å². The molecular formula is C22H24ClFO. The number of halogens is 2. The predicted molar refractivity (Wildman–Crippen MR) is 103 cm³/mol. The molecule has 3 rings (SSSR count). The average molecular weight is 359 g/mol. The molecule has 1 fully saturated rings. The van der Waals surface area contributed by atoms with Gasteiger partial charge in [-0.05, 0) is 73.3 Å². The molecule has 3 heteroatoms. The van der Waals surface area contributed by atoms with Gasteiger partial charge >= 0.3 is 0 Å². The lowest BCUT2D eigenvalue weighted by Gasteiger charge is -2.27. The maximum Gasteiger partial charge on any atom is 0.165 e. The van der Waals surface area contributed by atoms with Gasteiger partial charge in [-0.2, -0.15) is 0 Å². The third-order valence-electron chi connectivity index (χ3n) is 5.06. The van der Waals surface area contributed by atoms with Gasteiger partial charge in [-0.15, -0.1) is 0 Å². The van der Waals surface area contributed by atoms with Gasteiger partial charge in [-0.3, -0.25) is 0 Å². The molecule has 0 N–H and O–H groups in total. The highest BCUT2D eigenvalue weighted by molar-refractivity contribution is 6.25. The Morgan fingerprint density at radius 1 is 1.04 bits per heavy atom. The average Bonchev–Trinajstić information content (AvgIpc) is 2.65. The summed E-state index contributed by atoms with van der Waals surface area (Å²) in [6, 6.07) is 13.7. The van der Waals surface area contributed by atoms with E-state index in [0.717, 1.165) is 11.1 Å². The topological polar surface area (TPSA) is 9.23 Å². The smallest absolute Gasteiger partial charge is 0.165 e. The Morgan fingerprint density at radius 3 is 2.32 bits per heavy atom. The summed E-state index contributed by atoms with van der Waals surface area (Å²) >= 11 is 5.69. The normalized spacial score (nSPS) is 20.8. The van der Waals surface area contributed by atoms with E-state index in [0.29, 0.717) is 24.2 Å². The molecule has 2 aromatic rings. The van der Waals surface area contributed by atoms with E-state index >= 15 is 0 Å². The minimum Gasteiger partial charge on any atom is -0.491 e. The highest BCUT2D eigenvalue weighted by atomic mass is 35.5. The van der Waals surface area contributed by atoms with E-state index in [-0.39, 0.29) is 5.82 Å². The Hall–Kier alpha value is -1.80. The fourth-order valence-electron chi connectivity index (χ4n) is 3.65. The minimum absolute atomic E-state index is 0.311. The van der Waals surface area contributed by atoms with Gasteiger partial charge in [0.05, 0.1) is 6.61 Å². The second-order valence-electron chi connectivity index (χ2n) is 6.63. The molecule has 0 atom stereocenters. The van der Waals surface area contributed by atoms with E-state index in [1.165, 1.54) is 31.2 Å². The molecule has 0 radical (unpaired) electrons. The van der Waals surface area contributed by atoms with Crippen molar-refractivity contribution in [3.8, 4) is 16.9 Å². The predicted octanol–water partition coefficient (Wildman–Crippen LogP) is 6.92. The van der Waals surface area contributed by atoms with Crippen LogP contribution in [0.5, 0.6) is 5.75 Å². The van der Waals surface area contributed by atoms with Crippen molar-refractivity contribution in [2.45, 2.75) is 38.5 Å². The molecule has 1 saturated carbocycles. The van der Waals surface area contributed by atoms with Crippen molar-refractivity contribution in [3.05, 3.63) is 65.5 Å². The van der Waals surface area contributed by atoms with Gasteiger partial charge in [0.1, 0.15) is 0 Å². The summed E-state index contributed by atoms with van der Waals surface area (Å²) in [5, 5.41) is 0. The summed E-state index contributed by atoms with van der Waals surface area (Å²) in [5.41, 5.74) is 4.94. The first-order valence-corrected chi connectivity index (χ1v) is 9.44. The summed E-state index contributed by atoms with van der Waals surface area (Å²) in [4.78, 5) is 0. The van der Waals surface area contributed by atoms with Crippen molar-refractivity contribution >= 4 is 11.6 Å². The van der Waals surface area contributed by atoms with Crippen molar-refractivity contribution in [1.82, 2.24) is 0 Å². The maximum absolute atomic E-state index is 14.1. The maximum atomic E-state index is 14.1. The lowest BCUT2D eigenvalue weighted by atomic mass is 9.78. The summed E-state index contributed by atoms with van der Waals surface area (Å²) in [6.45, 7) is 2.32. The second-order valence-corrected chi connectivity index (χ2v) is 6.88.